The number of aryl methyl sites for hydroxylation is 1. The molecule has 0 aliphatic carbocycles. The molecule has 0 saturated heterocycles. The smallest absolute Gasteiger partial charge is 0.383 e. The van der Waals surface area contributed by atoms with E-state index in [9.17, 15) is 22.8 Å². The molecule has 0 bridgehead atoms. The minimum absolute atomic E-state index is 0.0746. The maximum Gasteiger partial charge on any atom is 0.419 e. The second-order valence-electron chi connectivity index (χ2n) is 8.54. The van der Waals surface area contributed by atoms with Crippen molar-refractivity contribution in [2.24, 2.45) is 0 Å². The lowest BCUT2D eigenvalue weighted by Gasteiger charge is -2.14. The number of carbonyl (C=O) groups is 1. The van der Waals surface area contributed by atoms with Gasteiger partial charge >= 0.3 is 6.18 Å². The summed E-state index contributed by atoms with van der Waals surface area (Å²) < 4.78 is 41.1. The molecule has 4 rings (SSSR count). The van der Waals surface area contributed by atoms with Crippen molar-refractivity contribution in [2.75, 3.05) is 5.73 Å². The lowest BCUT2D eigenvalue weighted by atomic mass is 10.1. The number of hydrogen-bond acceptors (Lipinski definition) is 5. The highest BCUT2D eigenvalue weighted by atomic mass is 19.4. The van der Waals surface area contributed by atoms with Crippen LogP contribution >= 0.6 is 0 Å². The van der Waals surface area contributed by atoms with Gasteiger partial charge in [0.15, 0.2) is 0 Å². The Hall–Kier alpha value is -4.47. The third-order valence-corrected chi connectivity index (χ3v) is 5.83. The Morgan fingerprint density at radius 2 is 1.78 bits per heavy atom. The number of pyridine rings is 3. The summed E-state index contributed by atoms with van der Waals surface area (Å²) >= 11 is 0. The van der Waals surface area contributed by atoms with E-state index < -0.39 is 23.5 Å². The molecule has 190 valence electrons. The molecule has 0 saturated carbocycles. The van der Waals surface area contributed by atoms with Gasteiger partial charge in [-0.15, -0.1) is 0 Å². The Bertz CT molecular complexity index is 1480. The summed E-state index contributed by atoms with van der Waals surface area (Å²) in [4.78, 5) is 32.7. The Labute approximate surface area is 210 Å². The summed E-state index contributed by atoms with van der Waals surface area (Å²) in [6.07, 6.45) is -0.918. The molecule has 4 aromatic rings. The maximum absolute atomic E-state index is 13.2. The first kappa shape index (κ1) is 25.6. The fraction of sp³-hybridized carbons (Fsp3) is 0.185. The van der Waals surface area contributed by atoms with Gasteiger partial charge in [0.1, 0.15) is 5.82 Å². The number of halogens is 3. The predicted octanol–water partition coefficient (Wildman–Crippen LogP) is 4.12. The molecule has 10 heteroatoms. The number of alkyl halides is 3. The Kier molecular flexibility index (Phi) is 7.37. The van der Waals surface area contributed by atoms with Gasteiger partial charge < -0.3 is 15.6 Å². The van der Waals surface area contributed by atoms with Gasteiger partial charge in [-0.05, 0) is 47.9 Å². The molecule has 0 radical (unpaired) electrons. The van der Waals surface area contributed by atoms with Crippen molar-refractivity contribution >= 4 is 11.7 Å². The van der Waals surface area contributed by atoms with Crippen LogP contribution in [0.3, 0.4) is 0 Å². The number of nitrogens with two attached hydrogens (primary N) is 1. The standard InChI is InChI=1S/C27H24F3N5O2/c1-17-21(14-23(25(31)34-17)27(28,29)30)15-33-26(37)20-9-10-32-22(13-20)12-18-5-7-19(8-6-18)16-35-11-3-2-4-24(35)36/h2-11,13-14H,12,15-16H2,1H3,(H2,31,34)(H,33,37). The molecule has 0 atom stereocenters. The fourth-order valence-electron chi connectivity index (χ4n) is 3.82. The summed E-state index contributed by atoms with van der Waals surface area (Å²) in [5, 5.41) is 2.64. The normalized spacial score (nSPS) is 11.4. The predicted molar refractivity (Wildman–Crippen MR) is 133 cm³/mol. The Balaban J connectivity index is 1.41. The first-order chi connectivity index (χ1) is 17.6. The van der Waals surface area contributed by atoms with Crippen LogP contribution < -0.4 is 16.6 Å². The number of nitrogen functional groups attached to an aromatic ring is 1. The molecule has 1 amide bonds. The Morgan fingerprint density at radius 1 is 1.05 bits per heavy atom. The molecular weight excluding hydrogens is 483 g/mol. The van der Waals surface area contributed by atoms with Gasteiger partial charge in [0, 0.05) is 48.4 Å². The second kappa shape index (κ2) is 10.7. The van der Waals surface area contributed by atoms with Gasteiger partial charge in [-0.25, -0.2) is 4.98 Å². The molecule has 3 heterocycles. The SMILES string of the molecule is Cc1nc(N)c(C(F)(F)F)cc1CNC(=O)c1ccnc(Cc2ccc(Cn3ccccc3=O)cc2)c1. The highest BCUT2D eigenvalue weighted by Crippen LogP contribution is 2.33. The summed E-state index contributed by atoms with van der Waals surface area (Å²) in [5.41, 5.74) is 7.77. The first-order valence-corrected chi connectivity index (χ1v) is 11.4. The number of anilines is 1. The zero-order valence-electron chi connectivity index (χ0n) is 19.9. The van der Waals surface area contributed by atoms with Gasteiger partial charge in [-0.2, -0.15) is 13.2 Å². The molecule has 0 spiro atoms. The van der Waals surface area contributed by atoms with E-state index in [0.29, 0.717) is 29.9 Å². The molecule has 0 aliphatic rings. The van der Waals surface area contributed by atoms with E-state index in [1.165, 1.54) is 25.3 Å². The number of nitrogens with one attached hydrogen (secondary N) is 1. The molecule has 0 unspecified atom stereocenters. The number of aromatic nitrogens is 3. The monoisotopic (exact) mass is 507 g/mol. The number of hydrogen-bond donors (Lipinski definition) is 2. The van der Waals surface area contributed by atoms with Gasteiger partial charge in [0.05, 0.1) is 12.1 Å². The summed E-state index contributed by atoms with van der Waals surface area (Å²) in [7, 11) is 0. The molecule has 1 aromatic carbocycles. The molecule has 3 N–H and O–H groups in total. The van der Waals surface area contributed by atoms with E-state index in [1.54, 1.807) is 29.0 Å². The van der Waals surface area contributed by atoms with Crippen LogP contribution in [-0.4, -0.2) is 20.4 Å². The highest BCUT2D eigenvalue weighted by Gasteiger charge is 2.34. The highest BCUT2D eigenvalue weighted by molar-refractivity contribution is 5.94. The van der Waals surface area contributed by atoms with Crippen LogP contribution in [0.2, 0.25) is 0 Å². The average molecular weight is 508 g/mol. The van der Waals surface area contributed by atoms with Crippen molar-refractivity contribution in [1.29, 1.82) is 0 Å². The largest absolute Gasteiger partial charge is 0.419 e. The van der Waals surface area contributed by atoms with Crippen molar-refractivity contribution in [3.63, 3.8) is 0 Å². The minimum Gasteiger partial charge on any atom is -0.383 e. The van der Waals surface area contributed by atoms with E-state index in [1.807, 2.05) is 24.3 Å². The average Bonchev–Trinajstić information content (AvgIpc) is 2.85. The van der Waals surface area contributed by atoms with E-state index in [2.05, 4.69) is 15.3 Å². The van der Waals surface area contributed by atoms with E-state index in [-0.39, 0.29) is 17.7 Å². The zero-order chi connectivity index (χ0) is 26.6. The third kappa shape index (κ3) is 6.40. The lowest BCUT2D eigenvalue weighted by Crippen LogP contribution is -2.24. The third-order valence-electron chi connectivity index (χ3n) is 5.83. The fourth-order valence-corrected chi connectivity index (χ4v) is 3.82. The number of rotatable bonds is 7. The van der Waals surface area contributed by atoms with Crippen molar-refractivity contribution in [3.05, 3.63) is 123 Å². The van der Waals surface area contributed by atoms with Gasteiger partial charge in [0.2, 0.25) is 0 Å². The first-order valence-electron chi connectivity index (χ1n) is 11.4. The number of amides is 1. The quantitative estimate of drug-likeness (QED) is 0.392. The van der Waals surface area contributed by atoms with Gasteiger partial charge in [-0.3, -0.25) is 14.6 Å². The minimum atomic E-state index is -4.64. The van der Waals surface area contributed by atoms with Crippen LogP contribution in [0.15, 0.2) is 77.9 Å². The number of nitrogens with zero attached hydrogens (tertiary/aromatic N) is 3. The molecule has 37 heavy (non-hydrogen) atoms. The van der Waals surface area contributed by atoms with Crippen LogP contribution in [0.5, 0.6) is 0 Å². The number of benzene rings is 1. The molecule has 3 aromatic heterocycles. The summed E-state index contributed by atoms with van der Waals surface area (Å²) in [6.45, 7) is 1.86. The topological polar surface area (TPSA) is 103 Å². The van der Waals surface area contributed by atoms with Crippen LogP contribution in [0.4, 0.5) is 19.0 Å². The van der Waals surface area contributed by atoms with Gasteiger partial charge in [-0.1, -0.05) is 30.3 Å². The summed E-state index contributed by atoms with van der Waals surface area (Å²) in [5.74, 6) is -1.04. The van der Waals surface area contributed by atoms with E-state index in [0.717, 1.165) is 17.2 Å². The molecule has 0 aliphatic heterocycles. The molecule has 7 nitrogen and oxygen atoms in total. The van der Waals surface area contributed by atoms with Crippen LogP contribution in [-0.2, 0) is 25.7 Å². The summed E-state index contributed by atoms with van der Waals surface area (Å²) in [6, 6.07) is 16.8. The van der Waals surface area contributed by atoms with E-state index in [4.69, 9.17) is 5.73 Å². The van der Waals surface area contributed by atoms with Crippen molar-refractivity contribution in [2.45, 2.75) is 32.6 Å². The van der Waals surface area contributed by atoms with Gasteiger partial charge in [0.25, 0.3) is 11.5 Å². The van der Waals surface area contributed by atoms with Crippen LogP contribution in [0, 0.1) is 6.92 Å². The van der Waals surface area contributed by atoms with E-state index >= 15 is 0 Å². The molecular formula is C27H24F3N5O2. The second-order valence-corrected chi connectivity index (χ2v) is 8.54. The van der Waals surface area contributed by atoms with Crippen LogP contribution in [0.1, 0.15) is 44.0 Å². The van der Waals surface area contributed by atoms with Crippen LogP contribution in [0.25, 0.3) is 0 Å². The zero-order valence-corrected chi connectivity index (χ0v) is 19.9. The number of carbonyl (C=O) groups excluding carboxylic acids is 1. The maximum atomic E-state index is 13.2. The van der Waals surface area contributed by atoms with Crippen molar-refractivity contribution in [1.82, 2.24) is 19.9 Å². The van der Waals surface area contributed by atoms with Crippen molar-refractivity contribution < 1.29 is 18.0 Å². The molecule has 0 fully saturated rings. The Morgan fingerprint density at radius 3 is 2.49 bits per heavy atom. The lowest BCUT2D eigenvalue weighted by molar-refractivity contribution is -0.137. The van der Waals surface area contributed by atoms with Crippen molar-refractivity contribution in [3.8, 4) is 0 Å².